The third-order valence-corrected chi connectivity index (χ3v) is 4.84. The fraction of sp³-hybridized carbons (Fsp3) is 0.688. The summed E-state index contributed by atoms with van der Waals surface area (Å²) in [5.41, 5.74) is -0.143. The lowest BCUT2D eigenvalue weighted by Crippen LogP contribution is -2.40. The second kappa shape index (κ2) is 6.07. The molecule has 0 bridgehead atoms. The van der Waals surface area contributed by atoms with Gasteiger partial charge < -0.3 is 0 Å². The molecule has 1 aromatic heterocycles. The van der Waals surface area contributed by atoms with Crippen LogP contribution in [0.3, 0.4) is 0 Å². The van der Waals surface area contributed by atoms with Gasteiger partial charge in [-0.25, -0.2) is 0 Å². The van der Waals surface area contributed by atoms with E-state index in [9.17, 15) is 5.26 Å². The fourth-order valence-electron chi connectivity index (χ4n) is 2.81. The Hall–Kier alpha value is -0.850. The maximum Gasteiger partial charge on any atom is 0.0700 e. The van der Waals surface area contributed by atoms with Crippen LogP contribution in [0.5, 0.6) is 0 Å². The van der Waals surface area contributed by atoms with Crippen LogP contribution in [0.2, 0.25) is 0 Å². The normalized spacial score (nSPS) is 24.6. The summed E-state index contributed by atoms with van der Waals surface area (Å²) in [7, 11) is 0. The molecule has 0 aromatic carbocycles. The zero-order chi connectivity index (χ0) is 13.9. The highest BCUT2D eigenvalue weighted by atomic mass is 32.1. The molecule has 0 N–H and O–H groups in total. The number of thiophene rings is 1. The second-order valence-corrected chi connectivity index (χ2v) is 7.71. The van der Waals surface area contributed by atoms with Crippen LogP contribution in [0, 0.1) is 22.7 Å². The maximum atomic E-state index is 9.26. The van der Waals surface area contributed by atoms with Gasteiger partial charge in [0, 0.05) is 22.8 Å². The van der Waals surface area contributed by atoms with E-state index in [1.807, 2.05) is 11.3 Å². The molecule has 0 aliphatic carbocycles. The lowest BCUT2D eigenvalue weighted by molar-refractivity contribution is 0.138. The Balaban J connectivity index is 1.94. The summed E-state index contributed by atoms with van der Waals surface area (Å²) in [5, 5.41) is 9.26. The monoisotopic (exact) mass is 276 g/mol. The smallest absolute Gasteiger partial charge is 0.0700 e. The number of nitriles is 1. The molecule has 0 amide bonds. The van der Waals surface area contributed by atoms with Gasteiger partial charge in [0.25, 0.3) is 0 Å². The molecule has 0 radical (unpaired) electrons. The van der Waals surface area contributed by atoms with Gasteiger partial charge in [0.15, 0.2) is 0 Å². The van der Waals surface area contributed by atoms with E-state index in [0.29, 0.717) is 0 Å². The van der Waals surface area contributed by atoms with Crippen LogP contribution in [-0.4, -0.2) is 18.0 Å². The van der Waals surface area contributed by atoms with E-state index < -0.39 is 0 Å². The minimum atomic E-state index is -0.143. The van der Waals surface area contributed by atoms with Crippen molar-refractivity contribution in [3.63, 3.8) is 0 Å². The molecule has 1 aliphatic heterocycles. The number of nitrogens with zero attached hydrogens (tertiary/aromatic N) is 2. The van der Waals surface area contributed by atoms with Crippen molar-refractivity contribution < 1.29 is 0 Å². The standard InChI is InChI=1S/C16H24N2S/c1-13(2)9-14-5-6-15(19-14)10-18-8-4-7-16(3,11-17)12-18/h5-6,13H,4,7-10,12H2,1-3H3. The first-order chi connectivity index (χ1) is 9.00. The topological polar surface area (TPSA) is 27.0 Å². The molecule has 2 nitrogen and oxygen atoms in total. The highest BCUT2D eigenvalue weighted by Crippen LogP contribution is 2.30. The van der Waals surface area contributed by atoms with E-state index >= 15 is 0 Å². The van der Waals surface area contributed by atoms with Crippen molar-refractivity contribution in [1.82, 2.24) is 4.90 Å². The molecule has 1 atom stereocenters. The summed E-state index contributed by atoms with van der Waals surface area (Å²) < 4.78 is 0. The van der Waals surface area contributed by atoms with Gasteiger partial charge >= 0.3 is 0 Å². The molecule has 1 fully saturated rings. The molecule has 0 saturated carbocycles. The number of piperidine rings is 1. The van der Waals surface area contributed by atoms with E-state index in [-0.39, 0.29) is 5.41 Å². The molecule has 1 unspecified atom stereocenters. The predicted molar refractivity (Wildman–Crippen MR) is 81.1 cm³/mol. The van der Waals surface area contributed by atoms with E-state index in [0.717, 1.165) is 38.4 Å². The van der Waals surface area contributed by atoms with E-state index in [2.05, 4.69) is 43.9 Å². The van der Waals surface area contributed by atoms with Gasteiger partial charge in [-0.1, -0.05) is 13.8 Å². The number of hydrogen-bond donors (Lipinski definition) is 0. The summed E-state index contributed by atoms with van der Waals surface area (Å²) in [4.78, 5) is 5.38. The molecule has 1 saturated heterocycles. The highest BCUT2D eigenvalue weighted by Gasteiger charge is 2.30. The number of likely N-dealkylation sites (tertiary alicyclic amines) is 1. The number of hydrogen-bond acceptors (Lipinski definition) is 3. The first-order valence-electron chi connectivity index (χ1n) is 7.22. The third kappa shape index (κ3) is 4.06. The molecule has 2 rings (SSSR count). The molecule has 19 heavy (non-hydrogen) atoms. The summed E-state index contributed by atoms with van der Waals surface area (Å²) in [5.74, 6) is 0.725. The first kappa shape index (κ1) is 14.6. The molecule has 1 aliphatic rings. The lowest BCUT2D eigenvalue weighted by Gasteiger charge is -2.35. The van der Waals surface area contributed by atoms with Gasteiger partial charge in [-0.2, -0.15) is 5.26 Å². The van der Waals surface area contributed by atoms with E-state index in [1.54, 1.807) is 0 Å². The van der Waals surface area contributed by atoms with Crippen LogP contribution < -0.4 is 0 Å². The van der Waals surface area contributed by atoms with Crippen molar-refractivity contribution in [2.24, 2.45) is 11.3 Å². The average Bonchev–Trinajstić information content (AvgIpc) is 2.76. The van der Waals surface area contributed by atoms with Gasteiger partial charge in [-0.15, -0.1) is 11.3 Å². The fourth-order valence-corrected chi connectivity index (χ4v) is 4.08. The van der Waals surface area contributed by atoms with Gasteiger partial charge in [-0.3, -0.25) is 4.90 Å². The SMILES string of the molecule is CC(C)Cc1ccc(CN2CCCC(C)(C#N)C2)s1. The molecule has 2 heterocycles. The Kier molecular flexibility index (Phi) is 4.65. The maximum absolute atomic E-state index is 9.26. The van der Waals surface area contributed by atoms with Crippen molar-refractivity contribution in [1.29, 1.82) is 5.26 Å². The van der Waals surface area contributed by atoms with Crippen LogP contribution >= 0.6 is 11.3 Å². The Morgan fingerprint density at radius 1 is 1.42 bits per heavy atom. The average molecular weight is 276 g/mol. The third-order valence-electron chi connectivity index (χ3n) is 3.75. The predicted octanol–water partition coefficient (Wildman–Crippen LogP) is 4.07. The van der Waals surface area contributed by atoms with Crippen LogP contribution in [0.4, 0.5) is 0 Å². The van der Waals surface area contributed by atoms with Gasteiger partial charge in [0.05, 0.1) is 11.5 Å². The Bertz CT molecular complexity index is 458. The molecular formula is C16H24N2S. The van der Waals surface area contributed by atoms with Crippen molar-refractivity contribution >= 4 is 11.3 Å². The van der Waals surface area contributed by atoms with Gasteiger partial charge in [0.1, 0.15) is 0 Å². The molecular weight excluding hydrogens is 252 g/mol. The molecule has 1 aromatic rings. The Labute approximate surface area is 121 Å². The Morgan fingerprint density at radius 2 is 2.16 bits per heavy atom. The van der Waals surface area contributed by atoms with Crippen LogP contribution in [0.15, 0.2) is 12.1 Å². The minimum Gasteiger partial charge on any atom is -0.297 e. The van der Waals surface area contributed by atoms with Crippen molar-refractivity contribution in [3.8, 4) is 6.07 Å². The molecule has 104 valence electrons. The van der Waals surface area contributed by atoms with Crippen LogP contribution in [-0.2, 0) is 13.0 Å². The minimum absolute atomic E-state index is 0.143. The second-order valence-electron chi connectivity index (χ2n) is 6.45. The van der Waals surface area contributed by atoms with E-state index in [4.69, 9.17) is 0 Å². The lowest BCUT2D eigenvalue weighted by atomic mass is 9.83. The summed E-state index contributed by atoms with van der Waals surface area (Å²) >= 11 is 1.94. The Morgan fingerprint density at radius 3 is 2.84 bits per heavy atom. The van der Waals surface area contributed by atoms with Crippen molar-refractivity contribution in [2.75, 3.05) is 13.1 Å². The number of rotatable bonds is 4. The largest absolute Gasteiger partial charge is 0.297 e. The summed E-state index contributed by atoms with van der Waals surface area (Å²) in [6.45, 7) is 9.69. The zero-order valence-corrected chi connectivity index (χ0v) is 13.1. The van der Waals surface area contributed by atoms with Gasteiger partial charge in [0.2, 0.25) is 0 Å². The summed E-state index contributed by atoms with van der Waals surface area (Å²) in [6.07, 6.45) is 3.37. The van der Waals surface area contributed by atoms with Crippen molar-refractivity contribution in [3.05, 3.63) is 21.9 Å². The summed E-state index contributed by atoms with van der Waals surface area (Å²) in [6, 6.07) is 7.02. The quantitative estimate of drug-likeness (QED) is 0.829. The van der Waals surface area contributed by atoms with Crippen LogP contribution in [0.1, 0.15) is 43.4 Å². The highest BCUT2D eigenvalue weighted by molar-refractivity contribution is 7.11. The van der Waals surface area contributed by atoms with Gasteiger partial charge in [-0.05, 0) is 50.8 Å². The van der Waals surface area contributed by atoms with Crippen LogP contribution in [0.25, 0.3) is 0 Å². The van der Waals surface area contributed by atoms with E-state index in [1.165, 1.54) is 16.2 Å². The van der Waals surface area contributed by atoms with Crippen molar-refractivity contribution in [2.45, 2.75) is 46.6 Å². The molecule has 0 spiro atoms. The molecule has 3 heteroatoms. The zero-order valence-electron chi connectivity index (χ0n) is 12.3. The first-order valence-corrected chi connectivity index (χ1v) is 8.03.